The molecule has 88 valence electrons. The first-order valence-corrected chi connectivity index (χ1v) is 6.06. The van der Waals surface area contributed by atoms with Crippen LogP contribution in [0.1, 0.15) is 30.0 Å². The third kappa shape index (κ3) is 2.06. The summed E-state index contributed by atoms with van der Waals surface area (Å²) in [5.74, 6) is 1.30. The van der Waals surface area contributed by atoms with E-state index in [2.05, 4.69) is 10.1 Å². The second-order valence-corrected chi connectivity index (χ2v) is 4.72. The van der Waals surface area contributed by atoms with Gasteiger partial charge in [0.15, 0.2) is 5.82 Å². The molecule has 2 heterocycles. The molecule has 5 heteroatoms. The van der Waals surface area contributed by atoms with Crippen LogP contribution in [0.3, 0.4) is 0 Å². The molecular formula is C12H13ClN4. The zero-order valence-electron chi connectivity index (χ0n) is 9.31. The van der Waals surface area contributed by atoms with Crippen molar-refractivity contribution in [3.63, 3.8) is 0 Å². The largest absolute Gasteiger partial charge is 0.326 e. The standard InChI is InChI=1S/C12H13ClN4/c13-10-5-8(6-14)7-15-12(10)17-4-3-11(16-17)9-1-2-9/h3-5,7,9H,1-2,6,14H2. The van der Waals surface area contributed by atoms with Gasteiger partial charge >= 0.3 is 0 Å². The molecule has 0 aliphatic heterocycles. The monoisotopic (exact) mass is 248 g/mol. The minimum Gasteiger partial charge on any atom is -0.326 e. The average molecular weight is 249 g/mol. The van der Waals surface area contributed by atoms with Gasteiger partial charge in [0.2, 0.25) is 0 Å². The highest BCUT2D eigenvalue weighted by Gasteiger charge is 2.26. The van der Waals surface area contributed by atoms with Crippen molar-refractivity contribution in [3.8, 4) is 5.82 Å². The van der Waals surface area contributed by atoms with E-state index in [1.165, 1.54) is 12.8 Å². The van der Waals surface area contributed by atoms with Gasteiger partial charge < -0.3 is 5.73 Å². The molecule has 0 amide bonds. The van der Waals surface area contributed by atoms with Gasteiger partial charge in [-0.05, 0) is 30.5 Å². The maximum atomic E-state index is 6.17. The van der Waals surface area contributed by atoms with Crippen LogP contribution in [0, 0.1) is 0 Å². The summed E-state index contributed by atoms with van der Waals surface area (Å²) in [5, 5.41) is 5.08. The molecule has 0 bridgehead atoms. The Morgan fingerprint density at radius 2 is 2.29 bits per heavy atom. The van der Waals surface area contributed by atoms with Crippen molar-refractivity contribution in [3.05, 3.63) is 40.8 Å². The van der Waals surface area contributed by atoms with E-state index in [1.807, 2.05) is 18.3 Å². The maximum Gasteiger partial charge on any atom is 0.172 e. The quantitative estimate of drug-likeness (QED) is 0.907. The first-order valence-electron chi connectivity index (χ1n) is 5.68. The van der Waals surface area contributed by atoms with Crippen LogP contribution in [-0.2, 0) is 6.54 Å². The first kappa shape index (κ1) is 10.7. The number of halogens is 1. The van der Waals surface area contributed by atoms with Crippen molar-refractivity contribution < 1.29 is 0 Å². The van der Waals surface area contributed by atoms with Crippen LogP contribution in [0.5, 0.6) is 0 Å². The SMILES string of the molecule is NCc1cnc(-n2ccc(C3CC3)n2)c(Cl)c1. The maximum absolute atomic E-state index is 6.17. The van der Waals surface area contributed by atoms with E-state index in [1.54, 1.807) is 10.9 Å². The van der Waals surface area contributed by atoms with Gasteiger partial charge in [0.1, 0.15) is 0 Å². The third-order valence-electron chi connectivity index (χ3n) is 2.94. The lowest BCUT2D eigenvalue weighted by Gasteiger charge is -2.04. The van der Waals surface area contributed by atoms with Gasteiger partial charge in [-0.25, -0.2) is 9.67 Å². The fraction of sp³-hybridized carbons (Fsp3) is 0.333. The Morgan fingerprint density at radius 3 is 2.94 bits per heavy atom. The summed E-state index contributed by atoms with van der Waals surface area (Å²) in [6.07, 6.45) is 6.12. The average Bonchev–Trinajstić information content (AvgIpc) is 3.08. The number of hydrogen-bond acceptors (Lipinski definition) is 3. The van der Waals surface area contributed by atoms with Crippen molar-refractivity contribution in [1.82, 2.24) is 14.8 Å². The van der Waals surface area contributed by atoms with E-state index in [9.17, 15) is 0 Å². The molecule has 3 rings (SSSR count). The number of nitrogens with zero attached hydrogens (tertiary/aromatic N) is 3. The Kier molecular flexibility index (Phi) is 2.61. The molecule has 1 aliphatic carbocycles. The summed E-state index contributed by atoms with van der Waals surface area (Å²) >= 11 is 6.17. The molecule has 2 aromatic heterocycles. The molecule has 0 unspecified atom stereocenters. The van der Waals surface area contributed by atoms with Crippen LogP contribution in [0.4, 0.5) is 0 Å². The van der Waals surface area contributed by atoms with E-state index in [0.29, 0.717) is 23.3 Å². The third-order valence-corrected chi connectivity index (χ3v) is 3.21. The van der Waals surface area contributed by atoms with Crippen molar-refractivity contribution in [2.24, 2.45) is 5.73 Å². The molecule has 0 radical (unpaired) electrons. The van der Waals surface area contributed by atoms with Crippen LogP contribution in [0.25, 0.3) is 5.82 Å². The Labute approximate surface area is 104 Å². The Hall–Kier alpha value is -1.39. The minimum atomic E-state index is 0.444. The second kappa shape index (κ2) is 4.13. The van der Waals surface area contributed by atoms with E-state index in [0.717, 1.165) is 11.3 Å². The lowest BCUT2D eigenvalue weighted by atomic mass is 10.3. The van der Waals surface area contributed by atoms with Gasteiger partial charge in [-0.15, -0.1) is 0 Å². The number of nitrogens with two attached hydrogens (primary N) is 1. The van der Waals surface area contributed by atoms with Gasteiger partial charge in [0.05, 0.1) is 10.7 Å². The Morgan fingerprint density at radius 1 is 1.47 bits per heavy atom. The second-order valence-electron chi connectivity index (χ2n) is 4.31. The minimum absolute atomic E-state index is 0.444. The van der Waals surface area contributed by atoms with E-state index < -0.39 is 0 Å². The number of aromatic nitrogens is 3. The lowest BCUT2D eigenvalue weighted by molar-refractivity contribution is 0.810. The van der Waals surface area contributed by atoms with E-state index >= 15 is 0 Å². The Balaban J connectivity index is 1.96. The van der Waals surface area contributed by atoms with Gasteiger partial charge in [0, 0.05) is 24.9 Å². The molecule has 0 aromatic carbocycles. The van der Waals surface area contributed by atoms with Crippen molar-refractivity contribution >= 4 is 11.6 Å². The van der Waals surface area contributed by atoms with Gasteiger partial charge in [0.25, 0.3) is 0 Å². The van der Waals surface area contributed by atoms with Crippen LogP contribution in [-0.4, -0.2) is 14.8 Å². The van der Waals surface area contributed by atoms with Gasteiger partial charge in [-0.2, -0.15) is 5.10 Å². The summed E-state index contributed by atoms with van der Waals surface area (Å²) in [5.41, 5.74) is 7.59. The highest BCUT2D eigenvalue weighted by molar-refractivity contribution is 6.32. The fourth-order valence-electron chi connectivity index (χ4n) is 1.80. The number of pyridine rings is 1. The number of rotatable bonds is 3. The molecule has 17 heavy (non-hydrogen) atoms. The zero-order chi connectivity index (χ0) is 11.8. The van der Waals surface area contributed by atoms with Crippen molar-refractivity contribution in [2.45, 2.75) is 25.3 Å². The Bertz CT molecular complexity index is 545. The molecule has 4 nitrogen and oxygen atoms in total. The van der Waals surface area contributed by atoms with Crippen molar-refractivity contribution in [1.29, 1.82) is 0 Å². The topological polar surface area (TPSA) is 56.7 Å². The highest BCUT2D eigenvalue weighted by Crippen LogP contribution is 2.39. The van der Waals surface area contributed by atoms with E-state index in [4.69, 9.17) is 17.3 Å². The van der Waals surface area contributed by atoms with Crippen molar-refractivity contribution in [2.75, 3.05) is 0 Å². The van der Waals surface area contributed by atoms with Crippen LogP contribution in [0.2, 0.25) is 5.02 Å². The summed E-state index contributed by atoms with van der Waals surface area (Å²) in [6.45, 7) is 0.444. The van der Waals surface area contributed by atoms with Crippen LogP contribution in [0.15, 0.2) is 24.5 Å². The molecule has 1 aliphatic rings. The fourth-order valence-corrected chi connectivity index (χ4v) is 2.08. The molecule has 0 spiro atoms. The van der Waals surface area contributed by atoms with E-state index in [-0.39, 0.29) is 0 Å². The smallest absolute Gasteiger partial charge is 0.172 e. The molecule has 1 fully saturated rings. The van der Waals surface area contributed by atoms with Crippen LogP contribution >= 0.6 is 11.6 Å². The molecule has 0 atom stereocenters. The number of hydrogen-bond donors (Lipinski definition) is 1. The van der Waals surface area contributed by atoms with Crippen LogP contribution < -0.4 is 5.73 Å². The summed E-state index contributed by atoms with van der Waals surface area (Å²) in [7, 11) is 0. The first-order chi connectivity index (χ1) is 8.28. The predicted molar refractivity (Wildman–Crippen MR) is 66.2 cm³/mol. The molecular weight excluding hydrogens is 236 g/mol. The zero-order valence-corrected chi connectivity index (χ0v) is 10.1. The normalized spacial score (nSPS) is 15.2. The molecule has 2 aromatic rings. The van der Waals surface area contributed by atoms with Gasteiger partial charge in [-0.1, -0.05) is 11.6 Å². The lowest BCUT2D eigenvalue weighted by Crippen LogP contribution is -2.03. The summed E-state index contributed by atoms with van der Waals surface area (Å²) in [4.78, 5) is 4.30. The summed E-state index contributed by atoms with van der Waals surface area (Å²) in [6, 6.07) is 3.87. The molecule has 1 saturated carbocycles. The van der Waals surface area contributed by atoms with Gasteiger partial charge in [-0.3, -0.25) is 0 Å². The predicted octanol–water partition coefficient (Wildman–Crippen LogP) is 2.26. The molecule has 2 N–H and O–H groups in total. The molecule has 0 saturated heterocycles. The highest BCUT2D eigenvalue weighted by atomic mass is 35.5. The summed E-state index contributed by atoms with van der Waals surface area (Å²) < 4.78 is 1.73.